The van der Waals surface area contributed by atoms with Gasteiger partial charge in [0.05, 0.1) is 18.6 Å². The average Bonchev–Trinajstić information content (AvgIpc) is 2.93. The Balaban J connectivity index is 1.40. The monoisotopic (exact) mass is 556 g/mol. The van der Waals surface area contributed by atoms with E-state index in [1.807, 2.05) is 30.1 Å². The number of carbonyl (C=O) groups is 2. The van der Waals surface area contributed by atoms with Crippen molar-refractivity contribution in [2.24, 2.45) is 5.41 Å². The van der Waals surface area contributed by atoms with Crippen LogP contribution in [0.1, 0.15) is 50.5 Å². The highest BCUT2D eigenvalue weighted by molar-refractivity contribution is 7.92. The molecule has 2 heterocycles. The Bertz CT molecular complexity index is 1240. The zero-order valence-corrected chi connectivity index (χ0v) is 23.9. The number of aryl methyl sites for hydroxylation is 1. The highest BCUT2D eigenvalue weighted by Gasteiger charge is 2.38. The molecule has 212 valence electrons. The molecular formula is C30H40N2O6S. The first-order chi connectivity index (χ1) is 18.7. The molecule has 0 bridgehead atoms. The van der Waals surface area contributed by atoms with Crippen LogP contribution in [-0.2, 0) is 25.8 Å². The van der Waals surface area contributed by atoms with Crippen LogP contribution in [-0.4, -0.2) is 76.2 Å². The summed E-state index contributed by atoms with van der Waals surface area (Å²) >= 11 is 0. The first-order valence-electron chi connectivity index (χ1n) is 13.8. The predicted octanol–water partition coefficient (Wildman–Crippen LogP) is 4.12. The molecule has 0 atom stereocenters. The van der Waals surface area contributed by atoms with Crippen molar-refractivity contribution in [3.8, 4) is 11.5 Å². The van der Waals surface area contributed by atoms with Gasteiger partial charge in [-0.05, 0) is 79.8 Å². The van der Waals surface area contributed by atoms with Gasteiger partial charge in [-0.25, -0.2) is 8.42 Å². The number of hydrogen-bond acceptors (Lipinski definition) is 6. The van der Waals surface area contributed by atoms with E-state index in [2.05, 4.69) is 6.07 Å². The summed E-state index contributed by atoms with van der Waals surface area (Å²) in [5.74, 6) is 0.647. The standard InChI is InChI=1S/C30H40N2O6S/c1-31-23-30(16-6-5-9-24-8-3-4-10-27(24)38-21-7-11-28(31)33)17-19-32(20-18-30)29(34)22-39(35,36)26-14-12-25(37-2)13-15-26/h3-4,8,10,12-15H,5-7,9,11,16-23H2,1-2H3. The Morgan fingerprint density at radius 3 is 2.41 bits per heavy atom. The lowest BCUT2D eigenvalue weighted by atomic mass is 9.73. The molecule has 0 aromatic heterocycles. The van der Waals surface area contributed by atoms with Gasteiger partial charge in [0, 0.05) is 33.1 Å². The van der Waals surface area contributed by atoms with Crippen LogP contribution >= 0.6 is 0 Å². The van der Waals surface area contributed by atoms with E-state index in [9.17, 15) is 18.0 Å². The van der Waals surface area contributed by atoms with Gasteiger partial charge in [-0.2, -0.15) is 0 Å². The van der Waals surface area contributed by atoms with Crippen LogP contribution in [0.3, 0.4) is 0 Å². The second kappa shape index (κ2) is 12.9. The van der Waals surface area contributed by atoms with E-state index < -0.39 is 15.6 Å². The number of para-hydroxylation sites is 1. The first-order valence-corrected chi connectivity index (χ1v) is 15.5. The van der Waals surface area contributed by atoms with Gasteiger partial charge in [0.15, 0.2) is 9.84 Å². The van der Waals surface area contributed by atoms with Crippen molar-refractivity contribution in [1.82, 2.24) is 9.80 Å². The minimum absolute atomic E-state index is 0.0871. The lowest BCUT2D eigenvalue weighted by Gasteiger charge is -2.44. The highest BCUT2D eigenvalue weighted by Crippen LogP contribution is 2.38. The Morgan fingerprint density at radius 1 is 0.974 bits per heavy atom. The Morgan fingerprint density at radius 2 is 1.69 bits per heavy atom. The molecule has 0 saturated carbocycles. The van der Waals surface area contributed by atoms with Crippen molar-refractivity contribution in [3.05, 3.63) is 54.1 Å². The van der Waals surface area contributed by atoms with Crippen molar-refractivity contribution >= 4 is 21.7 Å². The fourth-order valence-corrected chi connectivity index (χ4v) is 6.92. The van der Waals surface area contributed by atoms with Crippen LogP contribution in [0.2, 0.25) is 0 Å². The maximum atomic E-state index is 13.0. The van der Waals surface area contributed by atoms with Gasteiger partial charge in [0.25, 0.3) is 0 Å². The molecule has 2 aromatic rings. The largest absolute Gasteiger partial charge is 0.497 e. The van der Waals surface area contributed by atoms with Gasteiger partial charge in [-0.3, -0.25) is 9.59 Å². The summed E-state index contributed by atoms with van der Waals surface area (Å²) in [6.45, 7) is 2.15. The van der Waals surface area contributed by atoms with E-state index >= 15 is 0 Å². The summed E-state index contributed by atoms with van der Waals surface area (Å²) in [7, 11) is -0.368. The van der Waals surface area contributed by atoms with Crippen LogP contribution in [0.4, 0.5) is 0 Å². The molecule has 0 N–H and O–H groups in total. The maximum Gasteiger partial charge on any atom is 0.238 e. The van der Waals surface area contributed by atoms with E-state index in [1.54, 1.807) is 17.0 Å². The molecule has 1 fully saturated rings. The molecule has 0 unspecified atom stereocenters. The fraction of sp³-hybridized carbons (Fsp3) is 0.533. The van der Waals surface area contributed by atoms with Gasteiger partial charge in [-0.1, -0.05) is 24.6 Å². The Kier molecular flexibility index (Phi) is 9.53. The van der Waals surface area contributed by atoms with Gasteiger partial charge < -0.3 is 19.3 Å². The molecule has 39 heavy (non-hydrogen) atoms. The minimum Gasteiger partial charge on any atom is -0.497 e. The van der Waals surface area contributed by atoms with Crippen LogP contribution in [0, 0.1) is 5.41 Å². The number of ether oxygens (including phenoxy) is 2. The number of carbonyl (C=O) groups excluding carboxylic acids is 2. The number of benzene rings is 2. The molecular weight excluding hydrogens is 516 g/mol. The molecule has 2 aliphatic heterocycles. The predicted molar refractivity (Wildman–Crippen MR) is 150 cm³/mol. The summed E-state index contributed by atoms with van der Waals surface area (Å²) in [5.41, 5.74) is 1.11. The van der Waals surface area contributed by atoms with Crippen molar-refractivity contribution < 1.29 is 27.5 Å². The molecule has 2 aliphatic rings. The summed E-state index contributed by atoms with van der Waals surface area (Å²) in [4.78, 5) is 29.6. The van der Waals surface area contributed by atoms with E-state index in [4.69, 9.17) is 9.47 Å². The van der Waals surface area contributed by atoms with Crippen LogP contribution < -0.4 is 9.47 Å². The second-order valence-electron chi connectivity index (χ2n) is 10.8. The molecule has 9 heteroatoms. The SMILES string of the molecule is COc1ccc(S(=O)(=O)CC(=O)N2CCC3(CCCCc4ccccc4OCCCC(=O)N(C)C3)CC2)cc1. The van der Waals surface area contributed by atoms with Gasteiger partial charge in [-0.15, -0.1) is 0 Å². The fourth-order valence-electron chi connectivity index (χ4n) is 5.69. The maximum absolute atomic E-state index is 13.0. The van der Waals surface area contributed by atoms with Gasteiger partial charge >= 0.3 is 0 Å². The molecule has 1 saturated heterocycles. The smallest absolute Gasteiger partial charge is 0.238 e. The summed E-state index contributed by atoms with van der Waals surface area (Å²) in [6.07, 6.45) is 6.52. The second-order valence-corrected chi connectivity index (χ2v) is 12.8. The van der Waals surface area contributed by atoms with Crippen LogP contribution in [0.15, 0.2) is 53.4 Å². The molecule has 0 aliphatic carbocycles. The molecule has 1 spiro atoms. The quantitative estimate of drug-likeness (QED) is 0.563. The zero-order chi connectivity index (χ0) is 27.9. The summed E-state index contributed by atoms with van der Waals surface area (Å²) in [5, 5.41) is 0. The van der Waals surface area contributed by atoms with Crippen molar-refractivity contribution in [2.75, 3.05) is 46.2 Å². The minimum atomic E-state index is -3.75. The number of fused-ring (bicyclic) bond motifs is 1. The topological polar surface area (TPSA) is 93.2 Å². The van der Waals surface area contributed by atoms with Crippen LogP contribution in [0.5, 0.6) is 11.5 Å². The van der Waals surface area contributed by atoms with Crippen molar-refractivity contribution in [3.63, 3.8) is 0 Å². The molecule has 2 amide bonds. The zero-order valence-electron chi connectivity index (χ0n) is 23.1. The van der Waals surface area contributed by atoms with E-state index in [-0.39, 0.29) is 22.1 Å². The highest BCUT2D eigenvalue weighted by atomic mass is 32.2. The number of likely N-dealkylation sites (tertiary alicyclic amines) is 1. The molecule has 2 aromatic carbocycles. The third kappa shape index (κ3) is 7.53. The van der Waals surface area contributed by atoms with E-state index in [1.165, 1.54) is 24.8 Å². The number of sulfone groups is 1. The third-order valence-electron chi connectivity index (χ3n) is 8.08. The summed E-state index contributed by atoms with van der Waals surface area (Å²) < 4.78 is 36.8. The molecule has 8 nitrogen and oxygen atoms in total. The van der Waals surface area contributed by atoms with Crippen LogP contribution in [0.25, 0.3) is 0 Å². The lowest BCUT2D eigenvalue weighted by Crippen LogP contribution is -2.49. The Labute approximate surface area is 232 Å². The van der Waals surface area contributed by atoms with E-state index in [0.29, 0.717) is 44.8 Å². The number of methoxy groups -OCH3 is 1. The van der Waals surface area contributed by atoms with Gasteiger partial charge in [0.2, 0.25) is 11.8 Å². The molecule has 0 radical (unpaired) electrons. The molecule has 4 rings (SSSR count). The third-order valence-corrected chi connectivity index (χ3v) is 9.69. The normalized spacial score (nSPS) is 19.1. The number of rotatable bonds is 4. The number of hydrogen-bond donors (Lipinski definition) is 0. The van der Waals surface area contributed by atoms with E-state index in [0.717, 1.165) is 44.3 Å². The number of amides is 2. The average molecular weight is 557 g/mol. The Hall–Kier alpha value is -3.07. The number of piperidine rings is 1. The number of nitrogens with zero attached hydrogens (tertiary/aromatic N) is 2. The van der Waals surface area contributed by atoms with Crippen molar-refractivity contribution in [1.29, 1.82) is 0 Å². The van der Waals surface area contributed by atoms with Gasteiger partial charge in [0.1, 0.15) is 17.3 Å². The summed E-state index contributed by atoms with van der Waals surface area (Å²) in [6, 6.07) is 14.2. The lowest BCUT2D eigenvalue weighted by molar-refractivity contribution is -0.135. The first kappa shape index (κ1) is 28.9. The van der Waals surface area contributed by atoms with Crippen molar-refractivity contribution in [2.45, 2.75) is 56.3 Å².